The van der Waals surface area contributed by atoms with Crippen molar-refractivity contribution in [1.82, 2.24) is 20.4 Å². The Bertz CT molecular complexity index is 1090. The third-order valence-electron chi connectivity index (χ3n) is 7.32. The van der Waals surface area contributed by atoms with Crippen LogP contribution in [-0.4, -0.2) is 85.4 Å². The Morgan fingerprint density at radius 3 is 2.37 bits per heavy atom. The number of nitrogens with one attached hydrogen (secondary N) is 2. The van der Waals surface area contributed by atoms with Gasteiger partial charge in [-0.1, -0.05) is 48.3 Å². The Hall–Kier alpha value is -2.17. The van der Waals surface area contributed by atoms with Gasteiger partial charge in [0.15, 0.2) is 0 Å². The zero-order chi connectivity index (χ0) is 32.2. The van der Waals surface area contributed by atoms with Gasteiger partial charge in [-0.05, 0) is 87.5 Å². The molecule has 2 saturated carbocycles. The number of hydrogen-bond donors (Lipinski definition) is 2. The van der Waals surface area contributed by atoms with Gasteiger partial charge in [0.25, 0.3) is 0 Å². The van der Waals surface area contributed by atoms with Gasteiger partial charge in [-0.3, -0.25) is 19.2 Å². The fraction of sp³-hybridized carbons (Fsp3) is 0.688. The molecule has 2 aliphatic carbocycles. The first kappa shape index (κ1) is 37.0. The molecule has 1 spiro atoms. The highest BCUT2D eigenvalue weighted by Gasteiger charge is 2.44. The van der Waals surface area contributed by atoms with Gasteiger partial charge in [0.2, 0.25) is 23.6 Å². The molecule has 1 unspecified atom stereocenters. The molecule has 4 rings (SSSR count). The zero-order valence-corrected chi connectivity index (χ0v) is 29.0. The molecule has 1 aromatic carbocycles. The van der Waals surface area contributed by atoms with Crippen LogP contribution in [-0.2, 0) is 23.9 Å². The predicted octanol–water partition coefficient (Wildman–Crippen LogP) is 5.11. The smallest absolute Gasteiger partial charge is 0.243 e. The quantitative estimate of drug-likeness (QED) is 0.460. The fourth-order valence-corrected chi connectivity index (χ4v) is 4.79. The number of hydrogen-bond acceptors (Lipinski definition) is 5. The Kier molecular flexibility index (Phi) is 15.5. The molecule has 3 aliphatic rings. The van der Waals surface area contributed by atoms with Crippen molar-refractivity contribution in [2.24, 2.45) is 11.8 Å². The summed E-state index contributed by atoms with van der Waals surface area (Å²) >= 11 is 9.07. The van der Waals surface area contributed by atoms with Crippen molar-refractivity contribution in [3.05, 3.63) is 33.3 Å². The maximum atomic E-state index is 12.8. The molecular formula is C32H50BrClN4O5. The van der Waals surface area contributed by atoms with E-state index >= 15 is 0 Å². The molecule has 1 heterocycles. The van der Waals surface area contributed by atoms with E-state index in [0.717, 1.165) is 53.9 Å². The Balaban J connectivity index is 0.000000411. The number of aryl methyl sites for hydroxylation is 1. The second-order valence-corrected chi connectivity index (χ2v) is 13.9. The molecule has 3 fully saturated rings. The van der Waals surface area contributed by atoms with Crippen LogP contribution in [0.15, 0.2) is 22.7 Å². The van der Waals surface area contributed by atoms with Gasteiger partial charge < -0.3 is 25.2 Å². The van der Waals surface area contributed by atoms with E-state index in [1.54, 1.807) is 7.05 Å². The maximum absolute atomic E-state index is 12.8. The molecule has 1 aromatic rings. The molecule has 1 saturated heterocycles. The largest absolute Gasteiger partial charge is 0.379 e. The van der Waals surface area contributed by atoms with Crippen LogP contribution in [0.3, 0.4) is 0 Å². The Morgan fingerprint density at radius 1 is 1.16 bits per heavy atom. The number of benzene rings is 1. The summed E-state index contributed by atoms with van der Waals surface area (Å²) in [5.74, 6) is 0.335. The van der Waals surface area contributed by atoms with E-state index < -0.39 is 6.04 Å². The van der Waals surface area contributed by atoms with Gasteiger partial charge in [0, 0.05) is 36.6 Å². The number of likely N-dealkylation sites (N-methyl/N-ethyl adjacent to an activating group) is 2. The van der Waals surface area contributed by atoms with Gasteiger partial charge in [0.05, 0.1) is 25.2 Å². The monoisotopic (exact) mass is 684 g/mol. The van der Waals surface area contributed by atoms with E-state index in [2.05, 4.69) is 47.3 Å². The lowest BCUT2D eigenvalue weighted by molar-refractivity contribution is -0.141. The number of nitrogens with zero attached hydrogens (tertiary/aromatic N) is 2. The third kappa shape index (κ3) is 14.4. The average molecular weight is 686 g/mol. The SMILES string of the molecule is CC(C)C.CN1CC(=O)NC2(CC2)COCCCCC(N(C)C(=O)CC2CC2)C(=O)NCC1=O.Cc1cc(Cl)ccc1Br. The maximum Gasteiger partial charge on any atom is 0.243 e. The highest BCUT2D eigenvalue weighted by atomic mass is 79.9. The van der Waals surface area contributed by atoms with Crippen LogP contribution in [0.1, 0.15) is 77.7 Å². The summed E-state index contributed by atoms with van der Waals surface area (Å²) in [5.41, 5.74) is 0.868. The van der Waals surface area contributed by atoms with Crippen LogP contribution in [0.5, 0.6) is 0 Å². The molecule has 11 heteroatoms. The van der Waals surface area contributed by atoms with Crippen molar-refractivity contribution in [2.75, 3.05) is 40.4 Å². The summed E-state index contributed by atoms with van der Waals surface area (Å²) in [7, 11) is 3.20. The van der Waals surface area contributed by atoms with Gasteiger partial charge in [0.1, 0.15) is 6.04 Å². The molecule has 9 nitrogen and oxygen atoms in total. The van der Waals surface area contributed by atoms with E-state index in [-0.39, 0.29) is 42.3 Å². The normalized spacial score (nSPS) is 21.1. The number of ether oxygens (including phenoxy) is 1. The topological polar surface area (TPSA) is 108 Å². The summed E-state index contributed by atoms with van der Waals surface area (Å²) in [6.07, 6.45) is 6.39. The van der Waals surface area contributed by atoms with Crippen molar-refractivity contribution in [3.63, 3.8) is 0 Å². The molecule has 1 aliphatic heterocycles. The van der Waals surface area contributed by atoms with E-state index in [9.17, 15) is 19.2 Å². The Morgan fingerprint density at radius 2 is 1.81 bits per heavy atom. The molecule has 1 atom stereocenters. The van der Waals surface area contributed by atoms with E-state index in [4.69, 9.17) is 16.3 Å². The number of amides is 4. The minimum atomic E-state index is -0.611. The second kappa shape index (κ2) is 18.0. The van der Waals surface area contributed by atoms with Crippen molar-refractivity contribution in [2.45, 2.75) is 90.6 Å². The highest BCUT2D eigenvalue weighted by Crippen LogP contribution is 2.35. The molecule has 0 radical (unpaired) electrons. The van der Waals surface area contributed by atoms with Gasteiger partial charge >= 0.3 is 0 Å². The summed E-state index contributed by atoms with van der Waals surface area (Å²) in [4.78, 5) is 52.8. The van der Waals surface area contributed by atoms with Crippen LogP contribution in [0.4, 0.5) is 0 Å². The van der Waals surface area contributed by atoms with Gasteiger partial charge in [-0.2, -0.15) is 0 Å². The van der Waals surface area contributed by atoms with Crippen molar-refractivity contribution >= 4 is 51.2 Å². The first-order valence-electron chi connectivity index (χ1n) is 15.3. The first-order chi connectivity index (χ1) is 20.2. The average Bonchev–Trinajstić information content (AvgIpc) is 3.86. The molecule has 4 amide bonds. The minimum Gasteiger partial charge on any atom is -0.379 e. The van der Waals surface area contributed by atoms with E-state index in [1.807, 2.05) is 25.1 Å². The predicted molar refractivity (Wildman–Crippen MR) is 174 cm³/mol. The van der Waals surface area contributed by atoms with Crippen LogP contribution in [0.25, 0.3) is 0 Å². The summed E-state index contributed by atoms with van der Waals surface area (Å²) < 4.78 is 6.87. The minimum absolute atomic E-state index is 0.0286. The first-order valence-corrected chi connectivity index (χ1v) is 16.5. The van der Waals surface area contributed by atoms with Crippen LogP contribution in [0, 0.1) is 18.8 Å². The molecule has 2 N–H and O–H groups in total. The number of halogens is 2. The molecule has 43 heavy (non-hydrogen) atoms. The van der Waals surface area contributed by atoms with Crippen molar-refractivity contribution < 1.29 is 23.9 Å². The van der Waals surface area contributed by atoms with E-state index in [1.165, 1.54) is 22.4 Å². The standard InChI is InChI=1S/C21H34N4O5.C7H6BrCl.C4H10/c1-24-13-17(26)23-21(8-9-21)14-30-10-4-3-5-16(20(29)22-12-19(24)28)25(2)18(27)11-15-6-7-15;1-5-4-6(9)2-3-7(5)8;1-4(2)3/h15-16H,3-14H2,1-2H3,(H,22,29)(H,23,26);2-4H,1H3;4H,1-3H3. The summed E-state index contributed by atoms with van der Waals surface area (Å²) in [5, 5.41) is 6.42. The molecule has 0 bridgehead atoms. The molecule has 0 aromatic heterocycles. The molecular weight excluding hydrogens is 636 g/mol. The Labute approximate surface area is 270 Å². The molecule has 242 valence electrons. The van der Waals surface area contributed by atoms with Crippen LogP contribution in [0.2, 0.25) is 5.02 Å². The van der Waals surface area contributed by atoms with Gasteiger partial charge in [-0.25, -0.2) is 0 Å². The highest BCUT2D eigenvalue weighted by molar-refractivity contribution is 9.10. The fourth-order valence-electron chi connectivity index (χ4n) is 4.32. The van der Waals surface area contributed by atoms with Gasteiger partial charge in [-0.15, -0.1) is 0 Å². The lowest BCUT2D eigenvalue weighted by atomic mass is 10.1. The van der Waals surface area contributed by atoms with Crippen molar-refractivity contribution in [3.8, 4) is 0 Å². The second-order valence-electron chi connectivity index (χ2n) is 12.6. The van der Waals surface area contributed by atoms with E-state index in [0.29, 0.717) is 32.0 Å². The van der Waals surface area contributed by atoms with Crippen molar-refractivity contribution in [1.29, 1.82) is 0 Å². The summed E-state index contributed by atoms with van der Waals surface area (Å²) in [6.45, 7) is 9.25. The number of carbonyl (C=O) groups is 4. The number of rotatable bonds is 3. The lowest BCUT2D eigenvalue weighted by Gasteiger charge is -2.28. The lowest BCUT2D eigenvalue weighted by Crippen LogP contribution is -2.51. The summed E-state index contributed by atoms with van der Waals surface area (Å²) in [6, 6.07) is 5.11. The van der Waals surface area contributed by atoms with Crippen LogP contribution < -0.4 is 10.6 Å². The zero-order valence-electron chi connectivity index (χ0n) is 26.6. The third-order valence-corrected chi connectivity index (χ3v) is 8.44. The number of carbonyl (C=O) groups excluding carboxylic acids is 4. The van der Waals surface area contributed by atoms with Crippen LogP contribution >= 0.6 is 27.5 Å².